The van der Waals surface area contributed by atoms with Crippen molar-refractivity contribution in [2.24, 2.45) is 0 Å². The van der Waals surface area contributed by atoms with Crippen molar-refractivity contribution in [1.82, 2.24) is 0 Å². The summed E-state index contributed by atoms with van der Waals surface area (Å²) < 4.78 is 19.1. The van der Waals surface area contributed by atoms with E-state index in [4.69, 9.17) is 4.42 Å². The van der Waals surface area contributed by atoms with E-state index in [2.05, 4.69) is 4.90 Å². The normalized spacial score (nSPS) is 16.4. The molecule has 0 amide bonds. The van der Waals surface area contributed by atoms with E-state index in [1.807, 2.05) is 6.07 Å². The molecule has 1 aromatic heterocycles. The summed E-state index contributed by atoms with van der Waals surface area (Å²) in [6.45, 7) is 2.00. The first-order chi connectivity index (χ1) is 8.34. The summed E-state index contributed by atoms with van der Waals surface area (Å²) in [5.74, 6) is -0.182. The minimum absolute atomic E-state index is 0. The molecule has 1 fully saturated rings. The largest absolute Gasteiger partial charge is 0.462 e. The molecule has 1 aromatic carbocycles. The lowest BCUT2D eigenvalue weighted by Gasteiger charge is -2.22. The molecule has 1 saturated heterocycles. The molecule has 0 radical (unpaired) electrons. The second kappa shape index (κ2) is 5.61. The molecule has 18 heavy (non-hydrogen) atoms. The molecule has 0 aliphatic carbocycles. The number of hydrogen-bond acceptors (Lipinski definition) is 2. The number of hydrogen-bond donors (Lipinski definition) is 0. The molecular weight excluding hydrogens is 253 g/mol. The van der Waals surface area contributed by atoms with Gasteiger partial charge in [0.15, 0.2) is 5.58 Å². The average molecular weight is 270 g/mol. The minimum atomic E-state index is -0.182. The quantitative estimate of drug-likeness (QED) is 0.764. The fourth-order valence-corrected chi connectivity index (χ4v) is 2.57. The van der Waals surface area contributed by atoms with Crippen LogP contribution in [0.1, 0.15) is 25.7 Å². The molecule has 0 unspecified atom stereocenters. The minimum Gasteiger partial charge on any atom is -0.462 e. The summed E-state index contributed by atoms with van der Waals surface area (Å²) >= 11 is 0. The number of furan rings is 1. The molecule has 0 atom stereocenters. The first-order valence-corrected chi connectivity index (χ1v) is 6.26. The third kappa shape index (κ3) is 2.46. The maximum Gasteiger partial charge on any atom is 0.157 e. The predicted molar refractivity (Wildman–Crippen MR) is 74.1 cm³/mol. The highest BCUT2D eigenvalue weighted by atomic mass is 35.5. The monoisotopic (exact) mass is 269 g/mol. The van der Waals surface area contributed by atoms with E-state index < -0.39 is 0 Å². The topological polar surface area (TPSA) is 16.4 Å². The Balaban J connectivity index is 0.00000120. The summed E-state index contributed by atoms with van der Waals surface area (Å²) in [5.41, 5.74) is 1.72. The van der Waals surface area contributed by atoms with Crippen LogP contribution in [0.3, 0.4) is 0 Å². The standard InChI is InChI=1S/C14H16FNO.ClH/c15-12-9-11-5-8-17-14(11)13(10-12)16-6-3-1-2-4-7-16;/h5,8-10H,1-4,6-7H2;1H. The molecule has 4 heteroatoms. The van der Waals surface area contributed by atoms with Gasteiger partial charge in [-0.25, -0.2) is 4.39 Å². The molecule has 0 saturated carbocycles. The van der Waals surface area contributed by atoms with Gasteiger partial charge < -0.3 is 9.32 Å². The summed E-state index contributed by atoms with van der Waals surface area (Å²) in [6, 6.07) is 4.94. The lowest BCUT2D eigenvalue weighted by atomic mass is 10.2. The van der Waals surface area contributed by atoms with Crippen LogP contribution in [0.15, 0.2) is 28.9 Å². The predicted octanol–water partition coefficient (Wildman–Crippen LogP) is 4.37. The average Bonchev–Trinajstić information content (AvgIpc) is 2.62. The number of rotatable bonds is 1. The van der Waals surface area contributed by atoms with E-state index in [1.165, 1.54) is 31.7 Å². The van der Waals surface area contributed by atoms with Crippen molar-refractivity contribution in [3.8, 4) is 0 Å². The number of anilines is 1. The zero-order chi connectivity index (χ0) is 11.7. The summed E-state index contributed by atoms with van der Waals surface area (Å²) in [4.78, 5) is 2.25. The van der Waals surface area contributed by atoms with E-state index in [1.54, 1.807) is 12.3 Å². The van der Waals surface area contributed by atoms with Gasteiger partial charge in [-0.3, -0.25) is 0 Å². The summed E-state index contributed by atoms with van der Waals surface area (Å²) in [5, 5.41) is 0.851. The van der Waals surface area contributed by atoms with Gasteiger partial charge in [0.05, 0.1) is 12.0 Å². The van der Waals surface area contributed by atoms with Gasteiger partial charge in [0.1, 0.15) is 5.82 Å². The molecule has 3 rings (SSSR count). The number of nitrogens with zero attached hydrogens (tertiary/aromatic N) is 1. The maximum absolute atomic E-state index is 13.6. The van der Waals surface area contributed by atoms with Crippen LogP contribution < -0.4 is 4.90 Å². The molecule has 1 aliphatic heterocycles. The smallest absolute Gasteiger partial charge is 0.157 e. The van der Waals surface area contributed by atoms with Gasteiger partial charge in [0.25, 0.3) is 0 Å². The Labute approximate surface area is 112 Å². The third-order valence-electron chi connectivity index (χ3n) is 3.44. The Morgan fingerprint density at radius 1 is 1.06 bits per heavy atom. The van der Waals surface area contributed by atoms with Crippen molar-refractivity contribution in [2.75, 3.05) is 18.0 Å². The van der Waals surface area contributed by atoms with Crippen LogP contribution in [0.2, 0.25) is 0 Å². The molecule has 2 nitrogen and oxygen atoms in total. The zero-order valence-electron chi connectivity index (χ0n) is 10.2. The van der Waals surface area contributed by atoms with Gasteiger partial charge >= 0.3 is 0 Å². The highest BCUT2D eigenvalue weighted by Gasteiger charge is 2.15. The van der Waals surface area contributed by atoms with Gasteiger partial charge in [-0.2, -0.15) is 0 Å². The Kier molecular flexibility index (Phi) is 4.12. The first-order valence-electron chi connectivity index (χ1n) is 6.26. The van der Waals surface area contributed by atoms with Crippen LogP contribution in [0.25, 0.3) is 11.0 Å². The van der Waals surface area contributed by atoms with E-state index in [0.717, 1.165) is 29.7 Å². The highest BCUT2D eigenvalue weighted by Crippen LogP contribution is 2.30. The molecular formula is C14H17ClFNO. The van der Waals surface area contributed by atoms with Crippen LogP contribution >= 0.6 is 12.4 Å². The lowest BCUT2D eigenvalue weighted by Crippen LogP contribution is -2.24. The van der Waals surface area contributed by atoms with Crippen LogP contribution in [-0.2, 0) is 0 Å². The van der Waals surface area contributed by atoms with Gasteiger partial charge in [-0.1, -0.05) is 12.8 Å². The van der Waals surface area contributed by atoms with Gasteiger partial charge in [0, 0.05) is 24.5 Å². The maximum atomic E-state index is 13.6. The molecule has 98 valence electrons. The van der Waals surface area contributed by atoms with E-state index >= 15 is 0 Å². The van der Waals surface area contributed by atoms with Crippen molar-refractivity contribution in [1.29, 1.82) is 0 Å². The second-order valence-electron chi connectivity index (χ2n) is 4.67. The molecule has 0 N–H and O–H groups in total. The van der Waals surface area contributed by atoms with Crippen LogP contribution in [0.5, 0.6) is 0 Å². The molecule has 2 aromatic rings. The van der Waals surface area contributed by atoms with Gasteiger partial charge in [-0.05, 0) is 25.0 Å². The van der Waals surface area contributed by atoms with E-state index in [9.17, 15) is 4.39 Å². The van der Waals surface area contributed by atoms with Crippen LogP contribution in [0.4, 0.5) is 10.1 Å². The van der Waals surface area contributed by atoms with Crippen molar-refractivity contribution in [3.05, 3.63) is 30.3 Å². The SMILES string of the molecule is Cl.Fc1cc(N2CCCCCC2)c2occc2c1. The Morgan fingerprint density at radius 3 is 2.50 bits per heavy atom. The fourth-order valence-electron chi connectivity index (χ4n) is 2.57. The van der Waals surface area contributed by atoms with Gasteiger partial charge in [0.2, 0.25) is 0 Å². The van der Waals surface area contributed by atoms with Gasteiger partial charge in [-0.15, -0.1) is 12.4 Å². The Morgan fingerprint density at radius 2 is 1.78 bits per heavy atom. The first kappa shape index (κ1) is 13.2. The molecule has 1 aliphatic rings. The molecule has 2 heterocycles. The highest BCUT2D eigenvalue weighted by molar-refractivity contribution is 5.89. The van der Waals surface area contributed by atoms with Crippen molar-refractivity contribution in [2.45, 2.75) is 25.7 Å². The van der Waals surface area contributed by atoms with Crippen LogP contribution in [0, 0.1) is 5.82 Å². The van der Waals surface area contributed by atoms with E-state index in [-0.39, 0.29) is 18.2 Å². The molecule has 0 spiro atoms. The summed E-state index contributed by atoms with van der Waals surface area (Å²) in [7, 11) is 0. The number of fused-ring (bicyclic) bond motifs is 1. The molecule has 0 bridgehead atoms. The van der Waals surface area contributed by atoms with Crippen molar-refractivity contribution in [3.63, 3.8) is 0 Å². The third-order valence-corrected chi connectivity index (χ3v) is 3.44. The fraction of sp³-hybridized carbons (Fsp3) is 0.429. The second-order valence-corrected chi connectivity index (χ2v) is 4.67. The summed E-state index contributed by atoms with van der Waals surface area (Å²) in [6.07, 6.45) is 6.53. The van der Waals surface area contributed by atoms with Crippen molar-refractivity contribution < 1.29 is 8.81 Å². The van der Waals surface area contributed by atoms with Crippen molar-refractivity contribution >= 4 is 29.1 Å². The Bertz CT molecular complexity index is 517. The Hall–Kier alpha value is -1.22. The van der Waals surface area contributed by atoms with Crippen LogP contribution in [-0.4, -0.2) is 13.1 Å². The number of benzene rings is 1. The van der Waals surface area contributed by atoms with E-state index in [0.29, 0.717) is 0 Å². The number of halogens is 2. The lowest BCUT2D eigenvalue weighted by molar-refractivity contribution is 0.606. The zero-order valence-corrected chi connectivity index (χ0v) is 11.0.